The van der Waals surface area contributed by atoms with Gasteiger partial charge in [-0.05, 0) is 42.5 Å². The first-order valence-electron chi connectivity index (χ1n) is 6.54. The number of imide groups is 1. The molecular formula is C15H10N2O4S2. The van der Waals surface area contributed by atoms with E-state index < -0.39 is 10.8 Å². The van der Waals surface area contributed by atoms with Gasteiger partial charge in [0.05, 0.1) is 9.83 Å². The predicted molar refractivity (Wildman–Crippen MR) is 90.3 cm³/mol. The fourth-order valence-electron chi connectivity index (χ4n) is 2.10. The van der Waals surface area contributed by atoms with Crippen LogP contribution in [0.3, 0.4) is 0 Å². The Bertz CT molecular complexity index is 870. The number of nitrogens with zero attached hydrogens (tertiary/aromatic N) is 1. The Morgan fingerprint density at radius 1 is 1.22 bits per heavy atom. The van der Waals surface area contributed by atoms with Crippen molar-refractivity contribution in [1.29, 1.82) is 0 Å². The highest BCUT2D eigenvalue weighted by atomic mass is 32.2. The van der Waals surface area contributed by atoms with Crippen LogP contribution in [-0.2, 0) is 4.79 Å². The number of nitro benzene ring substituents is 1. The van der Waals surface area contributed by atoms with Gasteiger partial charge in [-0.2, -0.15) is 0 Å². The van der Waals surface area contributed by atoms with Gasteiger partial charge in [0.25, 0.3) is 16.8 Å². The third-order valence-electron chi connectivity index (χ3n) is 3.23. The van der Waals surface area contributed by atoms with Crippen LogP contribution in [-0.4, -0.2) is 16.1 Å². The topological polar surface area (TPSA) is 89.3 Å². The fourth-order valence-corrected chi connectivity index (χ4v) is 3.79. The molecule has 2 heterocycles. The molecule has 1 N–H and O–H groups in total. The Morgan fingerprint density at radius 3 is 2.65 bits per heavy atom. The lowest BCUT2D eigenvalue weighted by atomic mass is 10.1. The summed E-state index contributed by atoms with van der Waals surface area (Å²) in [6.45, 7) is 1.69. The van der Waals surface area contributed by atoms with Gasteiger partial charge in [0.2, 0.25) is 0 Å². The van der Waals surface area contributed by atoms with E-state index in [0.717, 1.165) is 27.1 Å². The molecule has 1 saturated heterocycles. The van der Waals surface area contributed by atoms with E-state index >= 15 is 0 Å². The minimum absolute atomic E-state index is 0.0760. The second-order valence-corrected chi connectivity index (χ2v) is 6.94. The number of nitro groups is 1. The summed E-state index contributed by atoms with van der Waals surface area (Å²) < 4.78 is 0. The Kier molecular flexibility index (Phi) is 4.01. The van der Waals surface area contributed by atoms with Crippen LogP contribution >= 0.6 is 23.1 Å². The van der Waals surface area contributed by atoms with Gasteiger partial charge in [-0.25, -0.2) is 0 Å². The second kappa shape index (κ2) is 5.98. The van der Waals surface area contributed by atoms with Crippen molar-refractivity contribution < 1.29 is 14.5 Å². The summed E-state index contributed by atoms with van der Waals surface area (Å²) in [7, 11) is 0. The van der Waals surface area contributed by atoms with E-state index in [0.29, 0.717) is 10.5 Å². The number of aryl methyl sites for hydroxylation is 1. The molecule has 6 nitrogen and oxygen atoms in total. The van der Waals surface area contributed by atoms with Crippen molar-refractivity contribution in [2.45, 2.75) is 6.92 Å². The van der Waals surface area contributed by atoms with E-state index in [1.165, 1.54) is 11.3 Å². The Balaban J connectivity index is 1.92. The standard InChI is InChI=1S/C15H10N2O4S2/c1-8-2-3-9(6-11(8)17(20)21)12-5-4-10(22-12)7-13-14(18)16-15(19)23-13/h2-7H,1H3,(H,16,18,19). The van der Waals surface area contributed by atoms with Crippen molar-refractivity contribution in [1.82, 2.24) is 5.32 Å². The van der Waals surface area contributed by atoms with Gasteiger partial charge in [-0.1, -0.05) is 12.1 Å². The third-order valence-corrected chi connectivity index (χ3v) is 5.12. The van der Waals surface area contributed by atoms with Gasteiger partial charge < -0.3 is 0 Å². The number of benzene rings is 1. The predicted octanol–water partition coefficient (Wildman–Crippen LogP) is 3.96. The molecule has 1 aliphatic heterocycles. The zero-order valence-corrected chi connectivity index (χ0v) is 13.5. The lowest BCUT2D eigenvalue weighted by Crippen LogP contribution is -2.17. The minimum Gasteiger partial charge on any atom is -0.282 e. The first kappa shape index (κ1) is 15.4. The number of nitrogens with one attached hydrogen (secondary N) is 1. The number of carbonyl (C=O) groups is 2. The number of rotatable bonds is 3. The van der Waals surface area contributed by atoms with E-state index in [-0.39, 0.29) is 10.9 Å². The number of thiophene rings is 1. The molecule has 1 aromatic carbocycles. The number of amides is 2. The van der Waals surface area contributed by atoms with Gasteiger partial charge in [0.15, 0.2) is 0 Å². The summed E-state index contributed by atoms with van der Waals surface area (Å²) in [5.41, 5.74) is 1.43. The number of thioether (sulfide) groups is 1. The molecule has 2 aromatic rings. The molecule has 0 spiro atoms. The third kappa shape index (κ3) is 3.17. The van der Waals surface area contributed by atoms with E-state index in [4.69, 9.17) is 0 Å². The van der Waals surface area contributed by atoms with Crippen LogP contribution in [0, 0.1) is 17.0 Å². The van der Waals surface area contributed by atoms with Gasteiger partial charge in [0, 0.05) is 21.4 Å². The maximum absolute atomic E-state index is 11.5. The van der Waals surface area contributed by atoms with E-state index in [2.05, 4.69) is 5.32 Å². The first-order chi connectivity index (χ1) is 10.9. The van der Waals surface area contributed by atoms with Gasteiger partial charge in [0.1, 0.15) is 0 Å². The molecule has 0 unspecified atom stereocenters. The Labute approximate surface area is 139 Å². The molecule has 2 amide bonds. The monoisotopic (exact) mass is 346 g/mol. The molecule has 0 aliphatic carbocycles. The maximum atomic E-state index is 11.5. The van der Waals surface area contributed by atoms with Crippen LogP contribution in [0.15, 0.2) is 35.2 Å². The molecule has 0 atom stereocenters. The second-order valence-electron chi connectivity index (χ2n) is 4.81. The van der Waals surface area contributed by atoms with Crippen molar-refractivity contribution in [3.63, 3.8) is 0 Å². The quantitative estimate of drug-likeness (QED) is 0.516. The van der Waals surface area contributed by atoms with E-state index in [1.807, 2.05) is 18.2 Å². The largest absolute Gasteiger partial charge is 0.290 e. The van der Waals surface area contributed by atoms with Crippen molar-refractivity contribution in [3.8, 4) is 10.4 Å². The highest BCUT2D eigenvalue weighted by Crippen LogP contribution is 2.34. The molecule has 8 heteroatoms. The molecular weight excluding hydrogens is 336 g/mol. The summed E-state index contributed by atoms with van der Waals surface area (Å²) >= 11 is 2.26. The van der Waals surface area contributed by atoms with Crippen LogP contribution in [0.25, 0.3) is 16.5 Å². The lowest BCUT2D eigenvalue weighted by Gasteiger charge is -2.00. The summed E-state index contributed by atoms with van der Waals surface area (Å²) in [4.78, 5) is 35.3. The van der Waals surface area contributed by atoms with Crippen molar-refractivity contribution >= 4 is 46.0 Å². The van der Waals surface area contributed by atoms with Gasteiger partial charge in [-0.15, -0.1) is 11.3 Å². The number of hydrogen-bond donors (Lipinski definition) is 1. The fraction of sp³-hybridized carbons (Fsp3) is 0.0667. The Hall–Kier alpha value is -2.45. The smallest absolute Gasteiger partial charge is 0.282 e. The zero-order valence-electron chi connectivity index (χ0n) is 11.9. The average Bonchev–Trinajstić information content (AvgIpc) is 3.06. The summed E-state index contributed by atoms with van der Waals surface area (Å²) in [5.74, 6) is -0.402. The SMILES string of the molecule is Cc1ccc(-c2ccc(C=C3SC(=O)NC3=O)s2)cc1[N+](=O)[O-]. The molecule has 1 aromatic heterocycles. The molecule has 1 fully saturated rings. The van der Waals surface area contributed by atoms with Crippen LogP contribution in [0.4, 0.5) is 10.5 Å². The van der Waals surface area contributed by atoms with E-state index in [9.17, 15) is 19.7 Å². The molecule has 23 heavy (non-hydrogen) atoms. The van der Waals surface area contributed by atoms with Crippen LogP contribution in [0.2, 0.25) is 0 Å². The summed E-state index contributed by atoms with van der Waals surface area (Å²) in [6, 6.07) is 8.73. The van der Waals surface area contributed by atoms with Gasteiger partial charge >= 0.3 is 0 Å². The number of carbonyl (C=O) groups excluding carboxylic acids is 2. The zero-order chi connectivity index (χ0) is 16.6. The molecule has 116 valence electrons. The van der Waals surface area contributed by atoms with Crippen LogP contribution in [0.5, 0.6) is 0 Å². The van der Waals surface area contributed by atoms with Crippen molar-refractivity contribution in [2.24, 2.45) is 0 Å². The van der Waals surface area contributed by atoms with E-state index in [1.54, 1.807) is 25.1 Å². The lowest BCUT2D eigenvalue weighted by molar-refractivity contribution is -0.385. The maximum Gasteiger partial charge on any atom is 0.290 e. The highest BCUT2D eigenvalue weighted by Gasteiger charge is 2.25. The summed E-state index contributed by atoms with van der Waals surface area (Å²) in [5, 5.41) is 12.8. The molecule has 0 bridgehead atoms. The normalized spacial score (nSPS) is 16.0. The van der Waals surface area contributed by atoms with Crippen LogP contribution < -0.4 is 5.32 Å². The Morgan fingerprint density at radius 2 is 2.00 bits per heavy atom. The summed E-state index contributed by atoms with van der Waals surface area (Å²) in [6.07, 6.45) is 1.64. The molecule has 0 saturated carbocycles. The first-order valence-corrected chi connectivity index (χ1v) is 8.17. The van der Waals surface area contributed by atoms with Crippen LogP contribution in [0.1, 0.15) is 10.4 Å². The molecule has 1 aliphatic rings. The molecule has 3 rings (SSSR count). The highest BCUT2D eigenvalue weighted by molar-refractivity contribution is 8.18. The van der Waals surface area contributed by atoms with Crippen molar-refractivity contribution in [3.05, 3.63) is 55.8 Å². The number of hydrogen-bond acceptors (Lipinski definition) is 6. The van der Waals surface area contributed by atoms with Gasteiger partial charge in [-0.3, -0.25) is 25.0 Å². The van der Waals surface area contributed by atoms with Crippen molar-refractivity contribution in [2.75, 3.05) is 0 Å². The molecule has 0 radical (unpaired) electrons. The minimum atomic E-state index is -0.402. The average molecular weight is 346 g/mol.